The zero-order chi connectivity index (χ0) is 19.1. The number of nitrogens with zero attached hydrogens (tertiary/aromatic N) is 2. The number of likely N-dealkylation sites (tertiary alicyclic amines) is 1. The summed E-state index contributed by atoms with van der Waals surface area (Å²) in [6.45, 7) is 2.96. The lowest BCUT2D eigenvalue weighted by molar-refractivity contribution is -0.140. The van der Waals surface area contributed by atoms with Gasteiger partial charge in [-0.15, -0.1) is 0 Å². The van der Waals surface area contributed by atoms with Crippen LogP contribution in [0.25, 0.3) is 0 Å². The monoisotopic (exact) mass is 370 g/mol. The molecular formula is C21H23FN2O3. The van der Waals surface area contributed by atoms with Crippen LogP contribution in [-0.4, -0.2) is 45.5 Å². The number of aliphatic hydroxyl groups is 1. The molecule has 0 saturated carbocycles. The number of carbonyl (C=O) groups is 2. The summed E-state index contributed by atoms with van der Waals surface area (Å²) in [5.41, 5.74) is 3.76. The number of Topliss-reactive ketones (excluding diaryl/α,β-unsaturated/α-hetero) is 1. The summed E-state index contributed by atoms with van der Waals surface area (Å²) < 4.78 is 16.2. The van der Waals surface area contributed by atoms with E-state index in [1.165, 1.54) is 6.07 Å². The predicted molar refractivity (Wildman–Crippen MR) is 98.2 cm³/mol. The van der Waals surface area contributed by atoms with Gasteiger partial charge in [0, 0.05) is 42.0 Å². The number of amides is 1. The molecular weight excluding hydrogens is 347 g/mol. The molecule has 2 heterocycles. The van der Waals surface area contributed by atoms with Crippen LogP contribution in [0.15, 0.2) is 24.3 Å². The lowest BCUT2D eigenvalue weighted by Gasteiger charge is -2.36. The Morgan fingerprint density at radius 3 is 2.70 bits per heavy atom. The molecule has 1 saturated heterocycles. The molecule has 4 rings (SSSR count). The number of carbonyl (C=O) groups excluding carboxylic acids is 2. The highest BCUT2D eigenvalue weighted by Gasteiger charge is 2.33. The molecule has 1 N–H and O–H groups in total. The van der Waals surface area contributed by atoms with Crippen LogP contribution in [0.2, 0.25) is 0 Å². The highest BCUT2D eigenvalue weighted by atomic mass is 19.1. The average Bonchev–Trinajstić information content (AvgIpc) is 2.87. The molecule has 1 aliphatic carbocycles. The molecule has 2 aliphatic rings. The summed E-state index contributed by atoms with van der Waals surface area (Å²) in [7, 11) is 0. The molecule has 1 aromatic heterocycles. The van der Waals surface area contributed by atoms with Crippen LogP contribution in [0.3, 0.4) is 0 Å². The molecule has 0 radical (unpaired) electrons. The van der Waals surface area contributed by atoms with Gasteiger partial charge < -0.3 is 14.6 Å². The summed E-state index contributed by atoms with van der Waals surface area (Å²) >= 11 is 0. The Labute approximate surface area is 157 Å². The minimum atomic E-state index is -0.448. The standard InChI is InChI=1S/C21H23FN2O3/c1-13-16(9-20(27)23-11-15(25)12-23)21-18(7-4-8-19(21)26)24(13)10-14-5-2-3-6-17(14)22/h2-3,5-6,15,25H,4,7-12H2,1H3. The maximum atomic E-state index is 14.2. The molecule has 27 heavy (non-hydrogen) atoms. The fourth-order valence-corrected chi connectivity index (χ4v) is 4.14. The van der Waals surface area contributed by atoms with Crippen molar-refractivity contribution in [2.24, 2.45) is 0 Å². The Bertz CT molecular complexity index is 912. The van der Waals surface area contributed by atoms with Gasteiger partial charge in [0.2, 0.25) is 5.91 Å². The third-order valence-corrected chi connectivity index (χ3v) is 5.68. The van der Waals surface area contributed by atoms with E-state index in [-0.39, 0.29) is 23.9 Å². The fraction of sp³-hybridized carbons (Fsp3) is 0.429. The van der Waals surface area contributed by atoms with Crippen LogP contribution in [0, 0.1) is 12.7 Å². The molecule has 0 spiro atoms. The van der Waals surface area contributed by atoms with E-state index >= 15 is 0 Å². The number of hydrogen-bond acceptors (Lipinski definition) is 3. The maximum Gasteiger partial charge on any atom is 0.227 e. The molecule has 0 atom stereocenters. The largest absolute Gasteiger partial charge is 0.389 e. The predicted octanol–water partition coefficient (Wildman–Crippen LogP) is 2.25. The molecule has 6 heteroatoms. The van der Waals surface area contributed by atoms with E-state index < -0.39 is 6.10 Å². The maximum absolute atomic E-state index is 14.2. The SMILES string of the molecule is Cc1c(CC(=O)N2CC(O)C2)c2c(n1Cc1ccccc1F)CCCC2=O. The van der Waals surface area contributed by atoms with Gasteiger partial charge in [-0.25, -0.2) is 4.39 Å². The molecule has 0 bridgehead atoms. The summed E-state index contributed by atoms with van der Waals surface area (Å²) in [4.78, 5) is 26.8. The van der Waals surface area contributed by atoms with Crippen LogP contribution in [-0.2, 0) is 24.2 Å². The zero-order valence-corrected chi connectivity index (χ0v) is 15.4. The zero-order valence-electron chi connectivity index (χ0n) is 15.4. The smallest absolute Gasteiger partial charge is 0.227 e. The van der Waals surface area contributed by atoms with Crippen LogP contribution in [0.1, 0.15) is 45.7 Å². The number of halogens is 1. The van der Waals surface area contributed by atoms with Crippen molar-refractivity contribution >= 4 is 11.7 Å². The van der Waals surface area contributed by atoms with Gasteiger partial charge in [-0.2, -0.15) is 0 Å². The van der Waals surface area contributed by atoms with E-state index in [0.717, 1.165) is 29.8 Å². The van der Waals surface area contributed by atoms with Crippen molar-refractivity contribution in [2.45, 2.75) is 45.3 Å². The van der Waals surface area contributed by atoms with Gasteiger partial charge in [-0.1, -0.05) is 18.2 Å². The van der Waals surface area contributed by atoms with E-state index in [1.54, 1.807) is 23.1 Å². The molecule has 1 fully saturated rings. The topological polar surface area (TPSA) is 62.5 Å². The minimum Gasteiger partial charge on any atom is -0.389 e. The summed E-state index contributed by atoms with van der Waals surface area (Å²) in [5, 5.41) is 9.43. The molecule has 0 unspecified atom stereocenters. The lowest BCUT2D eigenvalue weighted by atomic mass is 9.91. The first kappa shape index (κ1) is 17.9. The van der Waals surface area contributed by atoms with Crippen molar-refractivity contribution < 1.29 is 19.1 Å². The minimum absolute atomic E-state index is 0.0677. The molecule has 142 valence electrons. The molecule has 2 aromatic rings. The van der Waals surface area contributed by atoms with E-state index in [9.17, 15) is 19.1 Å². The third kappa shape index (κ3) is 3.18. The van der Waals surface area contributed by atoms with Crippen molar-refractivity contribution in [1.29, 1.82) is 0 Å². The van der Waals surface area contributed by atoms with Crippen LogP contribution >= 0.6 is 0 Å². The number of fused-ring (bicyclic) bond motifs is 1. The molecule has 1 aromatic carbocycles. The summed E-state index contributed by atoms with van der Waals surface area (Å²) in [6.07, 6.45) is 1.72. The van der Waals surface area contributed by atoms with Crippen LogP contribution in [0.4, 0.5) is 4.39 Å². The van der Waals surface area contributed by atoms with Gasteiger partial charge in [-0.05, 0) is 31.4 Å². The quantitative estimate of drug-likeness (QED) is 0.898. The number of hydrogen-bond donors (Lipinski definition) is 1. The van der Waals surface area contributed by atoms with Gasteiger partial charge in [0.05, 0.1) is 19.1 Å². The van der Waals surface area contributed by atoms with E-state index in [0.29, 0.717) is 37.2 Å². The van der Waals surface area contributed by atoms with Crippen molar-refractivity contribution in [1.82, 2.24) is 9.47 Å². The normalized spacial score (nSPS) is 17.0. The number of aromatic nitrogens is 1. The fourth-order valence-electron chi connectivity index (χ4n) is 4.14. The number of benzene rings is 1. The van der Waals surface area contributed by atoms with Crippen molar-refractivity contribution in [3.63, 3.8) is 0 Å². The average molecular weight is 370 g/mol. The first-order chi connectivity index (χ1) is 13.0. The first-order valence-corrected chi connectivity index (χ1v) is 9.39. The Kier molecular flexibility index (Phi) is 4.60. The molecule has 5 nitrogen and oxygen atoms in total. The van der Waals surface area contributed by atoms with E-state index in [2.05, 4.69) is 0 Å². The second-order valence-corrected chi connectivity index (χ2v) is 7.47. The summed E-state index contributed by atoms with van der Waals surface area (Å²) in [6, 6.07) is 6.64. The van der Waals surface area contributed by atoms with Crippen molar-refractivity contribution in [2.75, 3.05) is 13.1 Å². The number of aliphatic hydroxyl groups excluding tert-OH is 1. The van der Waals surface area contributed by atoms with Gasteiger partial charge >= 0.3 is 0 Å². The Hall–Kier alpha value is -2.47. The number of ketones is 1. The lowest BCUT2D eigenvalue weighted by Crippen LogP contribution is -2.54. The molecule has 1 amide bonds. The number of β-amino-alcohol motifs (C(OH)–C–C–N with tert-alkyl or cyclic N) is 1. The van der Waals surface area contributed by atoms with Gasteiger partial charge in [0.25, 0.3) is 0 Å². The molecule has 1 aliphatic heterocycles. The summed E-state index contributed by atoms with van der Waals surface area (Å²) in [5.74, 6) is -0.278. The number of rotatable bonds is 4. The first-order valence-electron chi connectivity index (χ1n) is 9.39. The van der Waals surface area contributed by atoms with Gasteiger partial charge in [0.15, 0.2) is 5.78 Å². The Morgan fingerprint density at radius 1 is 1.26 bits per heavy atom. The van der Waals surface area contributed by atoms with Crippen molar-refractivity contribution in [3.8, 4) is 0 Å². The second kappa shape index (κ2) is 6.93. The Morgan fingerprint density at radius 2 is 2.00 bits per heavy atom. The highest BCUT2D eigenvalue weighted by Crippen LogP contribution is 2.32. The third-order valence-electron chi connectivity index (χ3n) is 5.68. The highest BCUT2D eigenvalue weighted by molar-refractivity contribution is 6.01. The van der Waals surface area contributed by atoms with Gasteiger partial charge in [0.1, 0.15) is 5.82 Å². The van der Waals surface area contributed by atoms with E-state index in [1.807, 2.05) is 11.5 Å². The van der Waals surface area contributed by atoms with Crippen molar-refractivity contribution in [3.05, 3.63) is 58.2 Å². The van der Waals surface area contributed by atoms with Gasteiger partial charge in [-0.3, -0.25) is 9.59 Å². The van der Waals surface area contributed by atoms with E-state index in [4.69, 9.17) is 0 Å². The van der Waals surface area contributed by atoms with Crippen LogP contribution < -0.4 is 0 Å². The Balaban J connectivity index is 1.71. The van der Waals surface area contributed by atoms with Crippen LogP contribution in [0.5, 0.6) is 0 Å². The second-order valence-electron chi connectivity index (χ2n) is 7.47.